The second-order valence-corrected chi connectivity index (χ2v) is 8.64. The number of allylic oxidation sites excluding steroid dienone is 2. The first-order valence-corrected chi connectivity index (χ1v) is 6.81. The topological polar surface area (TPSA) is 17.1 Å². The van der Waals surface area contributed by atoms with Crippen LogP contribution in [0.3, 0.4) is 0 Å². The number of thioether (sulfide) groups is 1. The second-order valence-electron chi connectivity index (χ2n) is 1.92. The molecule has 0 unspecified atom stereocenters. The largest absolute Gasteiger partial charge is 0.273 e. The van der Waals surface area contributed by atoms with Gasteiger partial charge in [0.1, 0.15) is 0 Å². The van der Waals surface area contributed by atoms with Crippen LogP contribution in [0.2, 0.25) is 0 Å². The van der Waals surface area contributed by atoms with Gasteiger partial charge in [0.15, 0.2) is 0 Å². The normalized spacial score (nSPS) is 26.6. The lowest BCUT2D eigenvalue weighted by atomic mass is 10.3. The number of hydrogen-bond donors (Lipinski definition) is 0. The fourth-order valence-corrected chi connectivity index (χ4v) is 5.28. The summed E-state index contributed by atoms with van der Waals surface area (Å²) in [7, 11) is -1.88. The molecule has 0 amide bonds. The predicted octanol–water partition coefficient (Wildman–Crippen LogP) is 1.71. The van der Waals surface area contributed by atoms with Crippen LogP contribution in [-0.4, -0.2) is 4.45 Å². The molecule has 0 radical (unpaired) electrons. The van der Waals surface area contributed by atoms with Gasteiger partial charge in [0, 0.05) is 17.0 Å². The molecule has 0 N–H and O–H groups in total. The Morgan fingerprint density at radius 1 is 1.40 bits per heavy atom. The summed E-state index contributed by atoms with van der Waals surface area (Å²) < 4.78 is -0.00694. The molecule has 0 atom stereocenters. The molecule has 0 fully saturated rings. The highest BCUT2D eigenvalue weighted by atomic mass is 33.1. The highest BCUT2D eigenvalue weighted by Gasteiger charge is 2.33. The van der Waals surface area contributed by atoms with E-state index in [1.54, 1.807) is 0 Å². The van der Waals surface area contributed by atoms with E-state index in [9.17, 15) is 4.79 Å². The molecule has 10 heavy (non-hydrogen) atoms. The smallest absolute Gasteiger partial charge is 0.263 e. The molecule has 0 bridgehead atoms. The van der Waals surface area contributed by atoms with E-state index in [4.69, 9.17) is 22.4 Å². The van der Waals surface area contributed by atoms with Crippen molar-refractivity contribution in [3.63, 3.8) is 0 Å². The van der Waals surface area contributed by atoms with Gasteiger partial charge in [-0.15, -0.1) is 0 Å². The van der Waals surface area contributed by atoms with Crippen molar-refractivity contribution in [3.8, 4) is 0 Å². The van der Waals surface area contributed by atoms with E-state index in [-0.39, 0.29) is 4.45 Å². The first-order valence-electron chi connectivity index (χ1n) is 2.51. The van der Waals surface area contributed by atoms with Crippen molar-refractivity contribution in [2.75, 3.05) is 0 Å². The number of carbonyl (C=O) groups excluding carboxylic acids is 1. The first kappa shape index (κ1) is 6.97. The zero-order valence-electron chi connectivity index (χ0n) is 4.70. The van der Waals surface area contributed by atoms with Gasteiger partial charge >= 0.3 is 0 Å². The van der Waals surface area contributed by atoms with Crippen molar-refractivity contribution in [1.82, 2.24) is 0 Å². The van der Waals surface area contributed by atoms with Gasteiger partial charge in [0.25, 0.3) is 4.45 Å². The molecular weight excluding hydrogens is 204 g/mol. The Hall–Kier alpha value is 0.290. The lowest BCUT2D eigenvalue weighted by Crippen LogP contribution is -2.02. The van der Waals surface area contributed by atoms with E-state index >= 15 is 0 Å². The van der Waals surface area contributed by atoms with Gasteiger partial charge in [0.2, 0.25) is 0 Å². The summed E-state index contributed by atoms with van der Waals surface area (Å²) >= 11 is 11.2. The lowest BCUT2D eigenvalue weighted by molar-refractivity contribution is 0.276. The van der Waals surface area contributed by atoms with Gasteiger partial charge in [0.05, 0.1) is 0 Å². The molecule has 5 heteroatoms. The third kappa shape index (κ3) is 0.689. The average Bonchev–Trinajstić information content (AvgIpc) is 1.88. The minimum Gasteiger partial charge on any atom is -0.273 e. The maximum Gasteiger partial charge on any atom is 0.263 e. The minimum absolute atomic E-state index is 0.00694. The van der Waals surface area contributed by atoms with Crippen LogP contribution in [-0.2, 0) is 29.5 Å². The Labute approximate surface area is 72.4 Å². The molecule has 0 aromatic carbocycles. The fraction of sp³-hybridized carbons (Fsp3) is 0. The van der Waals surface area contributed by atoms with Crippen LogP contribution >= 0.6 is 11.8 Å². The maximum atomic E-state index is 11.1. The van der Waals surface area contributed by atoms with Gasteiger partial charge in [-0.1, -0.05) is 0 Å². The molecule has 0 saturated heterocycles. The van der Waals surface area contributed by atoms with Crippen LogP contribution in [0, 0.1) is 0 Å². The van der Waals surface area contributed by atoms with Gasteiger partial charge in [-0.25, -0.2) is 0 Å². The Kier molecular flexibility index (Phi) is 1.33. The van der Waals surface area contributed by atoms with E-state index in [2.05, 4.69) is 0 Å². The molecule has 1 heterocycles. The van der Waals surface area contributed by atoms with E-state index in [0.29, 0.717) is 0 Å². The predicted molar refractivity (Wildman–Crippen MR) is 51.2 cm³/mol. The highest BCUT2D eigenvalue weighted by molar-refractivity contribution is 8.72. The summed E-state index contributed by atoms with van der Waals surface area (Å²) in [5.74, 6) is 0. The maximum absolute atomic E-state index is 11.1. The van der Waals surface area contributed by atoms with E-state index < -0.39 is 7.15 Å². The zero-order chi connectivity index (χ0) is 7.35. The Bertz CT molecular complexity index is 370. The first-order chi connectivity index (χ1) is 4.62. The number of rotatable bonds is 0. The van der Waals surface area contributed by atoms with E-state index in [1.165, 1.54) is 11.8 Å². The Morgan fingerprint density at radius 3 is 2.30 bits per heavy atom. The molecule has 0 aromatic heterocycles. The number of carbonyl (C=O) groups is 1. The van der Waals surface area contributed by atoms with Crippen LogP contribution in [0.4, 0.5) is 4.79 Å². The van der Waals surface area contributed by atoms with Crippen LogP contribution < -0.4 is 0 Å². The van der Waals surface area contributed by atoms with Crippen molar-refractivity contribution in [2.24, 2.45) is 0 Å². The van der Waals surface area contributed by atoms with Crippen LogP contribution in [0.5, 0.6) is 0 Å². The van der Waals surface area contributed by atoms with Crippen molar-refractivity contribution in [2.45, 2.75) is 0 Å². The average molecular weight is 206 g/mol. The van der Waals surface area contributed by atoms with Crippen molar-refractivity contribution < 1.29 is 4.79 Å². The zero-order valence-corrected chi connectivity index (χ0v) is 7.96. The summed E-state index contributed by atoms with van der Waals surface area (Å²) in [6.07, 6.45) is 3.76. The molecule has 0 aromatic rings. The molecular formula is C5H2OS4. The third-order valence-electron chi connectivity index (χ3n) is 1.33. The van der Waals surface area contributed by atoms with Crippen LogP contribution in [0.25, 0.3) is 0 Å². The molecule has 0 saturated carbocycles. The second kappa shape index (κ2) is 1.91. The third-order valence-corrected chi connectivity index (χ3v) is 7.20. The summed E-state index contributed by atoms with van der Waals surface area (Å²) in [4.78, 5) is 13.0. The highest BCUT2D eigenvalue weighted by Crippen LogP contribution is 2.43. The van der Waals surface area contributed by atoms with E-state index in [1.807, 2.05) is 12.2 Å². The molecule has 1 aliphatic carbocycles. The van der Waals surface area contributed by atoms with Crippen LogP contribution in [0.15, 0.2) is 22.0 Å². The molecule has 1 nitrogen and oxygen atoms in total. The molecule has 2 rings (SSSR count). The van der Waals surface area contributed by atoms with Crippen LogP contribution in [0.1, 0.15) is 0 Å². The van der Waals surface area contributed by atoms with Gasteiger partial charge < -0.3 is 0 Å². The summed E-state index contributed by atoms with van der Waals surface area (Å²) in [5, 5.41) is 0. The lowest BCUT2D eigenvalue weighted by Gasteiger charge is -2.05. The standard InChI is InChI=1S/C5H2OS4/c6-5-9-3-1-2-4(3)10(5,7)8/h1-2H. The summed E-state index contributed by atoms with van der Waals surface area (Å²) in [5.41, 5.74) is 0. The van der Waals surface area contributed by atoms with Gasteiger partial charge in [-0.05, 0) is 46.3 Å². The summed E-state index contributed by atoms with van der Waals surface area (Å²) in [6.45, 7) is 0. The van der Waals surface area contributed by atoms with Gasteiger partial charge in [-0.2, -0.15) is 0 Å². The van der Waals surface area contributed by atoms with Gasteiger partial charge in [-0.3, -0.25) is 4.79 Å². The monoisotopic (exact) mass is 206 g/mol. The Morgan fingerprint density at radius 2 is 2.10 bits per heavy atom. The molecule has 0 spiro atoms. The Balaban J connectivity index is 2.66. The van der Waals surface area contributed by atoms with Crippen molar-refractivity contribution >= 4 is 45.7 Å². The minimum atomic E-state index is -1.88. The fourth-order valence-electron chi connectivity index (χ4n) is 0.760. The molecule has 1 aliphatic heterocycles. The quantitative estimate of drug-likeness (QED) is 0.600. The molecule has 2 aliphatic rings. The van der Waals surface area contributed by atoms with Crippen molar-refractivity contribution in [1.29, 1.82) is 0 Å². The van der Waals surface area contributed by atoms with Crippen molar-refractivity contribution in [3.05, 3.63) is 22.0 Å². The summed E-state index contributed by atoms with van der Waals surface area (Å²) in [6, 6.07) is 0. The number of hydrogen-bond acceptors (Lipinski definition) is 4. The van der Waals surface area contributed by atoms with E-state index in [0.717, 1.165) is 9.81 Å². The SMILES string of the molecule is O=C1SC2=C(C=C2)S1(=S)=S. The molecule has 52 valence electrons.